The molecule has 4 rings (SSSR count). The monoisotopic (exact) mass is 379 g/mol. The third kappa shape index (κ3) is 4.31. The quantitative estimate of drug-likeness (QED) is 0.727. The Hall–Kier alpha value is -2.10. The van der Waals surface area contributed by atoms with Crippen LogP contribution in [-0.2, 0) is 11.3 Å². The van der Waals surface area contributed by atoms with Crippen LogP contribution in [0.2, 0.25) is 0 Å². The van der Waals surface area contributed by atoms with E-state index in [2.05, 4.69) is 45.6 Å². The van der Waals surface area contributed by atoms with E-state index in [-0.39, 0.29) is 0 Å². The van der Waals surface area contributed by atoms with Crippen LogP contribution in [0.25, 0.3) is 11.4 Å². The lowest BCUT2D eigenvalue weighted by molar-refractivity contribution is -0.138. The van der Waals surface area contributed by atoms with Crippen LogP contribution < -0.4 is 0 Å². The zero-order chi connectivity index (χ0) is 19.3. The van der Waals surface area contributed by atoms with Crippen LogP contribution >= 0.6 is 0 Å². The summed E-state index contributed by atoms with van der Waals surface area (Å²) in [6.07, 6.45) is 11.4. The first-order valence-electron chi connectivity index (χ1n) is 11.1. The molecule has 0 bridgehead atoms. The van der Waals surface area contributed by atoms with Gasteiger partial charge in [0.1, 0.15) is 5.82 Å². The van der Waals surface area contributed by atoms with Gasteiger partial charge in [-0.25, -0.2) is 4.98 Å². The molecule has 4 nitrogen and oxygen atoms in total. The predicted molar refractivity (Wildman–Crippen MR) is 113 cm³/mol. The summed E-state index contributed by atoms with van der Waals surface area (Å²) in [5.41, 5.74) is 2.41. The molecule has 1 aliphatic carbocycles. The van der Waals surface area contributed by atoms with Gasteiger partial charge in [0, 0.05) is 43.0 Å². The molecule has 1 saturated carbocycles. The highest BCUT2D eigenvalue weighted by atomic mass is 16.2. The molecule has 2 heterocycles. The molecule has 0 spiro atoms. The van der Waals surface area contributed by atoms with Crippen LogP contribution in [-0.4, -0.2) is 33.4 Å². The Labute approximate surface area is 169 Å². The number of likely N-dealkylation sites (tertiary alicyclic amines) is 1. The van der Waals surface area contributed by atoms with Crippen LogP contribution in [0.3, 0.4) is 0 Å². The van der Waals surface area contributed by atoms with Gasteiger partial charge in [-0.3, -0.25) is 4.79 Å². The molecule has 1 amide bonds. The third-order valence-electron chi connectivity index (χ3n) is 6.73. The Kier molecular flexibility index (Phi) is 6.13. The summed E-state index contributed by atoms with van der Waals surface area (Å²) in [4.78, 5) is 19.6. The fourth-order valence-corrected chi connectivity index (χ4v) is 4.92. The summed E-state index contributed by atoms with van der Waals surface area (Å²) in [7, 11) is 0. The lowest BCUT2D eigenvalue weighted by Gasteiger charge is -2.35. The molecule has 0 N–H and O–H groups in total. The Morgan fingerprint density at radius 3 is 2.46 bits per heavy atom. The van der Waals surface area contributed by atoms with Gasteiger partial charge >= 0.3 is 0 Å². The van der Waals surface area contributed by atoms with Gasteiger partial charge in [-0.2, -0.15) is 0 Å². The number of rotatable bonds is 5. The predicted octanol–water partition coefficient (Wildman–Crippen LogP) is 5.07. The number of hydrogen-bond acceptors (Lipinski definition) is 2. The second kappa shape index (κ2) is 8.93. The zero-order valence-electron chi connectivity index (χ0n) is 17.1. The summed E-state index contributed by atoms with van der Waals surface area (Å²) >= 11 is 0. The van der Waals surface area contributed by atoms with E-state index in [9.17, 15) is 4.79 Å². The molecule has 150 valence electrons. The summed E-state index contributed by atoms with van der Waals surface area (Å²) < 4.78 is 2.36. The van der Waals surface area contributed by atoms with E-state index < -0.39 is 0 Å². The van der Waals surface area contributed by atoms with Crippen molar-refractivity contribution in [3.05, 3.63) is 42.2 Å². The van der Waals surface area contributed by atoms with Crippen molar-refractivity contribution in [3.63, 3.8) is 0 Å². The van der Waals surface area contributed by atoms with Crippen molar-refractivity contribution in [2.24, 2.45) is 11.8 Å². The second-order valence-corrected chi connectivity index (χ2v) is 8.63. The van der Waals surface area contributed by atoms with Crippen LogP contribution in [0.1, 0.15) is 57.1 Å². The largest absolute Gasteiger partial charge is 0.342 e. The van der Waals surface area contributed by atoms with Crippen molar-refractivity contribution in [1.29, 1.82) is 0 Å². The molecule has 0 radical (unpaired) electrons. The number of piperidine rings is 1. The van der Waals surface area contributed by atoms with E-state index in [0.29, 0.717) is 17.7 Å². The van der Waals surface area contributed by atoms with E-state index >= 15 is 0 Å². The number of aryl methyl sites for hydroxylation is 1. The van der Waals surface area contributed by atoms with Crippen LogP contribution in [0.15, 0.2) is 36.5 Å². The molecule has 2 aromatic rings. The summed E-state index contributed by atoms with van der Waals surface area (Å²) in [6.45, 7) is 5.06. The van der Waals surface area contributed by atoms with Crippen molar-refractivity contribution in [2.75, 3.05) is 13.1 Å². The summed E-state index contributed by atoms with van der Waals surface area (Å²) in [5.74, 6) is 2.53. The molecule has 28 heavy (non-hydrogen) atoms. The first-order valence-corrected chi connectivity index (χ1v) is 11.1. The number of carbonyl (C=O) groups excluding carboxylic acids is 1. The highest BCUT2D eigenvalue weighted by Gasteiger charge is 2.29. The standard InChI is InChI=1S/C24H33N3O/c1-19-18-25-23(21-8-4-2-5-9-21)27(19)17-14-20-12-15-26(16-13-20)24(28)22-10-6-3-7-11-22/h2,4-5,8-9,18,20,22H,3,6-7,10-17H2,1H3. The molecule has 1 saturated heterocycles. The van der Waals surface area contributed by atoms with Crippen molar-refractivity contribution in [1.82, 2.24) is 14.5 Å². The van der Waals surface area contributed by atoms with Gasteiger partial charge in [-0.05, 0) is 44.9 Å². The van der Waals surface area contributed by atoms with E-state index in [1.807, 2.05) is 12.3 Å². The lowest BCUT2D eigenvalue weighted by Crippen LogP contribution is -2.42. The molecule has 1 aromatic carbocycles. The minimum Gasteiger partial charge on any atom is -0.342 e. The molecular formula is C24H33N3O. The number of hydrogen-bond donors (Lipinski definition) is 0. The zero-order valence-corrected chi connectivity index (χ0v) is 17.1. The van der Waals surface area contributed by atoms with Gasteiger partial charge in [0.05, 0.1) is 0 Å². The normalized spacial score (nSPS) is 19.1. The van der Waals surface area contributed by atoms with Gasteiger partial charge in [-0.15, -0.1) is 0 Å². The molecule has 2 aliphatic rings. The number of aromatic nitrogens is 2. The van der Waals surface area contributed by atoms with Crippen molar-refractivity contribution < 1.29 is 4.79 Å². The third-order valence-corrected chi connectivity index (χ3v) is 6.73. The van der Waals surface area contributed by atoms with Gasteiger partial charge in [-0.1, -0.05) is 49.6 Å². The van der Waals surface area contributed by atoms with Crippen molar-refractivity contribution >= 4 is 5.91 Å². The highest BCUT2D eigenvalue weighted by Crippen LogP contribution is 2.29. The molecule has 4 heteroatoms. The topological polar surface area (TPSA) is 38.1 Å². The van der Waals surface area contributed by atoms with Gasteiger partial charge in [0.25, 0.3) is 0 Å². The number of nitrogens with zero attached hydrogens (tertiary/aromatic N) is 3. The van der Waals surface area contributed by atoms with E-state index in [0.717, 1.165) is 51.1 Å². The van der Waals surface area contributed by atoms with Crippen molar-refractivity contribution in [2.45, 2.75) is 64.8 Å². The molecule has 0 unspecified atom stereocenters. The van der Waals surface area contributed by atoms with Crippen LogP contribution in [0.4, 0.5) is 0 Å². The SMILES string of the molecule is Cc1cnc(-c2ccccc2)n1CCC1CCN(C(=O)C2CCCCC2)CC1. The fourth-order valence-electron chi connectivity index (χ4n) is 4.92. The number of benzene rings is 1. The lowest BCUT2D eigenvalue weighted by atomic mass is 9.87. The molecule has 1 aliphatic heterocycles. The van der Waals surface area contributed by atoms with Crippen LogP contribution in [0, 0.1) is 18.8 Å². The van der Waals surface area contributed by atoms with Crippen LogP contribution in [0.5, 0.6) is 0 Å². The minimum atomic E-state index is 0.312. The Morgan fingerprint density at radius 2 is 1.75 bits per heavy atom. The van der Waals surface area contributed by atoms with Gasteiger partial charge in [0.2, 0.25) is 5.91 Å². The molecule has 1 aromatic heterocycles. The van der Waals surface area contributed by atoms with Gasteiger partial charge in [0.15, 0.2) is 0 Å². The highest BCUT2D eigenvalue weighted by molar-refractivity contribution is 5.79. The van der Waals surface area contributed by atoms with Crippen molar-refractivity contribution in [3.8, 4) is 11.4 Å². The Bertz CT molecular complexity index is 768. The maximum Gasteiger partial charge on any atom is 0.225 e. The Balaban J connectivity index is 1.30. The number of imidazole rings is 1. The summed E-state index contributed by atoms with van der Waals surface area (Å²) in [6, 6.07) is 10.5. The van der Waals surface area contributed by atoms with Gasteiger partial charge < -0.3 is 9.47 Å². The first-order chi connectivity index (χ1) is 13.7. The minimum absolute atomic E-state index is 0.312. The van der Waals surface area contributed by atoms with E-state index in [1.54, 1.807) is 0 Å². The first kappa shape index (κ1) is 19.2. The number of carbonyl (C=O) groups is 1. The average molecular weight is 380 g/mol. The smallest absolute Gasteiger partial charge is 0.225 e. The Morgan fingerprint density at radius 1 is 1.04 bits per heavy atom. The van der Waals surface area contributed by atoms with E-state index in [4.69, 9.17) is 0 Å². The maximum absolute atomic E-state index is 12.8. The number of amides is 1. The molecule has 0 atom stereocenters. The second-order valence-electron chi connectivity index (χ2n) is 8.63. The molecule has 2 fully saturated rings. The fraction of sp³-hybridized carbons (Fsp3) is 0.583. The average Bonchev–Trinajstić information content (AvgIpc) is 3.13. The van der Waals surface area contributed by atoms with E-state index in [1.165, 1.54) is 36.9 Å². The maximum atomic E-state index is 12.8. The summed E-state index contributed by atoms with van der Waals surface area (Å²) in [5, 5.41) is 0. The molecular weight excluding hydrogens is 346 g/mol.